The van der Waals surface area contributed by atoms with Gasteiger partial charge < -0.3 is 19.5 Å². The van der Waals surface area contributed by atoms with Crippen molar-refractivity contribution in [3.05, 3.63) is 53.7 Å². The van der Waals surface area contributed by atoms with Gasteiger partial charge in [-0.05, 0) is 36.2 Å². The Kier molecular flexibility index (Phi) is 3.78. The Labute approximate surface area is 151 Å². The summed E-state index contributed by atoms with van der Waals surface area (Å²) in [4.78, 5) is 12.6. The first-order chi connectivity index (χ1) is 12.8. The fourth-order valence-corrected chi connectivity index (χ4v) is 4.02. The van der Waals surface area contributed by atoms with E-state index >= 15 is 0 Å². The van der Waals surface area contributed by atoms with E-state index in [4.69, 9.17) is 4.74 Å². The number of hydrogen-bond acceptors (Lipinski definition) is 4. The number of pyridine rings is 1. The van der Waals surface area contributed by atoms with Crippen LogP contribution in [0.2, 0.25) is 0 Å². The van der Waals surface area contributed by atoms with Crippen LogP contribution in [-0.2, 0) is 17.7 Å². The largest absolute Gasteiger partial charge is 0.378 e. The van der Waals surface area contributed by atoms with Crippen LogP contribution in [0.4, 0.5) is 15.8 Å². The van der Waals surface area contributed by atoms with Crippen LogP contribution in [0.1, 0.15) is 11.3 Å². The van der Waals surface area contributed by atoms with E-state index in [1.165, 1.54) is 17.3 Å². The quantitative estimate of drug-likeness (QED) is 0.770. The lowest BCUT2D eigenvalue weighted by molar-refractivity contribution is 0.122. The van der Waals surface area contributed by atoms with Gasteiger partial charge in [-0.15, -0.1) is 0 Å². The first-order valence-corrected chi connectivity index (χ1v) is 9.09. The number of nitrogens with one attached hydrogen (secondary N) is 1. The van der Waals surface area contributed by atoms with Gasteiger partial charge in [0.05, 0.1) is 43.5 Å². The molecule has 2 aliphatic heterocycles. The maximum absolute atomic E-state index is 13.6. The minimum Gasteiger partial charge on any atom is -0.378 e. The van der Waals surface area contributed by atoms with Gasteiger partial charge in [-0.1, -0.05) is 0 Å². The van der Waals surface area contributed by atoms with Gasteiger partial charge >= 0.3 is 0 Å². The van der Waals surface area contributed by atoms with Crippen molar-refractivity contribution in [2.24, 2.45) is 0 Å². The van der Waals surface area contributed by atoms with Gasteiger partial charge in [-0.25, -0.2) is 4.39 Å². The number of fused-ring (bicyclic) bond motifs is 3. The van der Waals surface area contributed by atoms with Crippen LogP contribution >= 0.6 is 0 Å². The summed E-state index contributed by atoms with van der Waals surface area (Å²) in [6.45, 7) is 5.04. The van der Waals surface area contributed by atoms with Crippen LogP contribution in [0.5, 0.6) is 0 Å². The third kappa shape index (κ3) is 2.70. The number of nitrogens with zero attached hydrogens (tertiary/aromatic N) is 3. The Bertz CT molecular complexity index is 948. The van der Waals surface area contributed by atoms with Crippen LogP contribution in [0.25, 0.3) is 10.9 Å². The zero-order valence-electron chi connectivity index (χ0n) is 14.5. The molecule has 4 heterocycles. The fraction of sp³-hybridized carbons (Fsp3) is 0.350. The second-order valence-corrected chi connectivity index (χ2v) is 6.94. The van der Waals surface area contributed by atoms with E-state index in [1.807, 2.05) is 18.5 Å². The van der Waals surface area contributed by atoms with Crippen molar-refractivity contribution >= 4 is 22.3 Å². The van der Waals surface area contributed by atoms with Gasteiger partial charge in [-0.3, -0.25) is 4.98 Å². The maximum atomic E-state index is 13.6. The highest BCUT2D eigenvalue weighted by molar-refractivity contribution is 5.85. The lowest BCUT2D eigenvalue weighted by Gasteiger charge is -2.32. The SMILES string of the molecule is Fc1ccc2[nH]c3c(c2c1)CCN(c1cncc(N2CCOCC2)c1)C3. The van der Waals surface area contributed by atoms with E-state index in [0.717, 1.165) is 68.1 Å². The lowest BCUT2D eigenvalue weighted by Crippen LogP contribution is -2.36. The molecule has 5 rings (SSSR count). The van der Waals surface area contributed by atoms with Gasteiger partial charge in [0, 0.05) is 36.2 Å². The summed E-state index contributed by atoms with van der Waals surface area (Å²) in [5, 5.41) is 1.01. The second-order valence-electron chi connectivity index (χ2n) is 6.94. The number of H-pyrrole nitrogens is 1. The second kappa shape index (κ2) is 6.29. The van der Waals surface area contributed by atoms with Crippen molar-refractivity contribution in [2.75, 3.05) is 42.6 Å². The van der Waals surface area contributed by atoms with E-state index in [9.17, 15) is 4.39 Å². The zero-order valence-corrected chi connectivity index (χ0v) is 14.5. The number of halogens is 1. The van der Waals surface area contributed by atoms with Gasteiger partial charge in [0.1, 0.15) is 5.82 Å². The number of aromatic nitrogens is 2. The molecule has 0 amide bonds. The molecular formula is C20H21FN4O. The summed E-state index contributed by atoms with van der Waals surface area (Å²) in [7, 11) is 0. The van der Waals surface area contributed by atoms with Crippen LogP contribution in [0.15, 0.2) is 36.7 Å². The summed E-state index contributed by atoms with van der Waals surface area (Å²) in [5.74, 6) is -0.177. The van der Waals surface area contributed by atoms with Crippen molar-refractivity contribution in [2.45, 2.75) is 13.0 Å². The Morgan fingerprint density at radius 1 is 1.00 bits per heavy atom. The summed E-state index contributed by atoms with van der Waals surface area (Å²) in [6, 6.07) is 7.19. The minimum absolute atomic E-state index is 0.177. The highest BCUT2D eigenvalue weighted by Crippen LogP contribution is 2.31. The van der Waals surface area contributed by atoms with E-state index in [-0.39, 0.29) is 5.82 Å². The number of morpholine rings is 1. The average Bonchev–Trinajstić information content (AvgIpc) is 3.06. The first-order valence-electron chi connectivity index (χ1n) is 9.09. The zero-order chi connectivity index (χ0) is 17.5. The Morgan fingerprint density at radius 3 is 2.65 bits per heavy atom. The molecule has 0 spiro atoms. The van der Waals surface area contributed by atoms with Gasteiger partial charge in [0.25, 0.3) is 0 Å². The number of anilines is 2. The number of benzene rings is 1. The Balaban J connectivity index is 1.43. The predicted molar refractivity (Wildman–Crippen MR) is 100 cm³/mol. The summed E-state index contributed by atoms with van der Waals surface area (Å²) < 4.78 is 19.0. The maximum Gasteiger partial charge on any atom is 0.123 e. The van der Waals surface area contributed by atoms with Crippen molar-refractivity contribution < 1.29 is 9.13 Å². The van der Waals surface area contributed by atoms with Crippen molar-refractivity contribution in [3.63, 3.8) is 0 Å². The Morgan fingerprint density at radius 2 is 1.81 bits per heavy atom. The molecule has 1 fully saturated rings. The van der Waals surface area contributed by atoms with Gasteiger partial charge in [0.2, 0.25) is 0 Å². The monoisotopic (exact) mass is 352 g/mol. The first kappa shape index (κ1) is 15.6. The normalized spacial score (nSPS) is 17.6. The molecule has 1 saturated heterocycles. The third-order valence-corrected chi connectivity index (χ3v) is 5.39. The molecule has 26 heavy (non-hydrogen) atoms. The smallest absolute Gasteiger partial charge is 0.123 e. The molecule has 1 N–H and O–H groups in total. The standard InChI is InChI=1S/C20H21FN4O/c21-14-1-2-19-18(9-14)17-3-4-25(13-20(17)23-19)16-10-15(11-22-12-16)24-5-7-26-8-6-24/h1-2,9-12,23H,3-8,13H2. The van der Waals surface area contributed by atoms with Crippen molar-refractivity contribution in [1.29, 1.82) is 0 Å². The van der Waals surface area contributed by atoms with Crippen molar-refractivity contribution in [1.82, 2.24) is 9.97 Å². The summed E-state index contributed by atoms with van der Waals surface area (Å²) in [6.07, 6.45) is 4.76. The molecule has 6 heteroatoms. The van der Waals surface area contributed by atoms with E-state index in [2.05, 4.69) is 25.8 Å². The molecule has 2 aliphatic rings. The molecule has 134 valence electrons. The van der Waals surface area contributed by atoms with E-state index < -0.39 is 0 Å². The molecule has 3 aromatic rings. The predicted octanol–water partition coefficient (Wildman–Crippen LogP) is 3.10. The lowest BCUT2D eigenvalue weighted by atomic mass is 10.0. The molecule has 5 nitrogen and oxygen atoms in total. The number of hydrogen-bond donors (Lipinski definition) is 1. The van der Waals surface area contributed by atoms with Crippen LogP contribution in [0.3, 0.4) is 0 Å². The van der Waals surface area contributed by atoms with Crippen LogP contribution in [0, 0.1) is 5.82 Å². The summed E-state index contributed by atoms with van der Waals surface area (Å²) >= 11 is 0. The van der Waals surface area contributed by atoms with Gasteiger partial charge in [-0.2, -0.15) is 0 Å². The number of ether oxygens (including phenoxy) is 1. The number of aromatic amines is 1. The van der Waals surface area contributed by atoms with E-state index in [1.54, 1.807) is 6.07 Å². The average molecular weight is 352 g/mol. The molecule has 0 unspecified atom stereocenters. The van der Waals surface area contributed by atoms with Crippen LogP contribution < -0.4 is 9.80 Å². The molecular weight excluding hydrogens is 331 g/mol. The third-order valence-electron chi connectivity index (χ3n) is 5.39. The van der Waals surface area contributed by atoms with E-state index in [0.29, 0.717) is 0 Å². The van der Waals surface area contributed by atoms with Gasteiger partial charge in [0.15, 0.2) is 0 Å². The molecule has 0 bridgehead atoms. The summed E-state index contributed by atoms with van der Waals surface area (Å²) in [5.41, 5.74) is 5.71. The number of rotatable bonds is 2. The molecule has 0 aliphatic carbocycles. The molecule has 0 atom stereocenters. The fourth-order valence-electron chi connectivity index (χ4n) is 4.02. The molecule has 0 saturated carbocycles. The molecule has 2 aromatic heterocycles. The highest BCUT2D eigenvalue weighted by atomic mass is 19.1. The van der Waals surface area contributed by atoms with Crippen molar-refractivity contribution in [3.8, 4) is 0 Å². The topological polar surface area (TPSA) is 44.4 Å². The highest BCUT2D eigenvalue weighted by Gasteiger charge is 2.22. The molecule has 0 radical (unpaired) electrons. The minimum atomic E-state index is -0.177. The Hall–Kier alpha value is -2.60. The van der Waals surface area contributed by atoms with Crippen LogP contribution in [-0.4, -0.2) is 42.8 Å². The molecule has 1 aromatic carbocycles.